The summed E-state index contributed by atoms with van der Waals surface area (Å²) in [6.45, 7) is 0. The van der Waals surface area contributed by atoms with E-state index in [-0.39, 0.29) is 22.0 Å². The van der Waals surface area contributed by atoms with Gasteiger partial charge in [0.2, 0.25) is 5.91 Å². The summed E-state index contributed by atoms with van der Waals surface area (Å²) in [6, 6.07) is 13.0. The van der Waals surface area contributed by atoms with Crippen LogP contribution in [0.25, 0.3) is 0 Å². The van der Waals surface area contributed by atoms with E-state index in [1.807, 2.05) is 0 Å². The minimum absolute atomic E-state index is 0.0767. The van der Waals surface area contributed by atoms with Crippen LogP contribution in [0, 0.1) is 11.7 Å². The summed E-state index contributed by atoms with van der Waals surface area (Å²) in [7, 11) is 1.35. The molecule has 182 valence electrons. The predicted molar refractivity (Wildman–Crippen MR) is 138 cm³/mol. The van der Waals surface area contributed by atoms with E-state index in [2.05, 4.69) is 10.6 Å². The third kappa shape index (κ3) is 5.47. The van der Waals surface area contributed by atoms with Gasteiger partial charge in [0.05, 0.1) is 29.3 Å². The van der Waals surface area contributed by atoms with Crippen molar-refractivity contribution in [2.24, 2.45) is 5.92 Å². The molecular formula is C24H16Cl5FN2O3. The molecule has 1 fully saturated rings. The van der Waals surface area contributed by atoms with E-state index < -0.39 is 33.8 Å². The third-order valence-electron chi connectivity index (χ3n) is 5.47. The first-order valence-electron chi connectivity index (χ1n) is 10.1. The van der Waals surface area contributed by atoms with Gasteiger partial charge in [0.1, 0.15) is 15.9 Å². The van der Waals surface area contributed by atoms with Crippen molar-refractivity contribution in [3.8, 4) is 5.75 Å². The second-order valence-corrected chi connectivity index (χ2v) is 10.5. The maximum absolute atomic E-state index is 13.4. The normalized spacial score (nSPS) is 18.0. The highest BCUT2D eigenvalue weighted by Gasteiger charge is 2.67. The molecule has 0 spiro atoms. The Hall–Kier alpha value is -2.22. The summed E-state index contributed by atoms with van der Waals surface area (Å²) < 4.78 is 17.2. The molecule has 0 aromatic heterocycles. The van der Waals surface area contributed by atoms with Gasteiger partial charge >= 0.3 is 0 Å². The molecule has 0 bridgehead atoms. The van der Waals surface area contributed by atoms with E-state index >= 15 is 0 Å². The van der Waals surface area contributed by atoms with Gasteiger partial charge in [-0.1, -0.05) is 34.8 Å². The number of carbonyl (C=O) groups excluding carboxylic acids is 2. The lowest BCUT2D eigenvalue weighted by Crippen LogP contribution is -2.18. The average molecular weight is 577 g/mol. The summed E-state index contributed by atoms with van der Waals surface area (Å²) in [5.41, 5.74) is 1.26. The maximum atomic E-state index is 13.4. The standard InChI is InChI=1S/C24H16Cl5FN2O3/c1-35-19-9-14(30)2-5-18(19)32-22(33)16-10-15(3-4-17(16)27)31-23(34)21-20(24(21,28)29)11-6-12(25)8-13(26)7-11/h2-10,20-21H,1H3,(H,31,34)(H,32,33)/t20-,21+/m1/s1. The summed E-state index contributed by atoms with van der Waals surface area (Å²) in [6.07, 6.45) is 0. The molecule has 1 aliphatic rings. The van der Waals surface area contributed by atoms with E-state index in [0.717, 1.165) is 6.07 Å². The van der Waals surface area contributed by atoms with Gasteiger partial charge in [-0.3, -0.25) is 9.59 Å². The van der Waals surface area contributed by atoms with Crippen molar-refractivity contribution in [1.82, 2.24) is 0 Å². The molecule has 0 radical (unpaired) electrons. The quantitative estimate of drug-likeness (QED) is 0.298. The van der Waals surface area contributed by atoms with Crippen molar-refractivity contribution < 1.29 is 18.7 Å². The van der Waals surface area contributed by atoms with E-state index in [4.69, 9.17) is 62.7 Å². The monoisotopic (exact) mass is 574 g/mol. The van der Waals surface area contributed by atoms with Crippen molar-refractivity contribution in [2.45, 2.75) is 10.3 Å². The Morgan fingerprint density at radius 3 is 2.29 bits per heavy atom. The largest absolute Gasteiger partial charge is 0.494 e. The van der Waals surface area contributed by atoms with Crippen LogP contribution >= 0.6 is 58.0 Å². The Balaban J connectivity index is 1.52. The molecule has 2 amide bonds. The zero-order valence-electron chi connectivity index (χ0n) is 17.8. The molecule has 1 saturated carbocycles. The summed E-state index contributed by atoms with van der Waals surface area (Å²) >= 11 is 31.2. The number of anilines is 2. The molecule has 3 aromatic rings. The van der Waals surface area contributed by atoms with Gasteiger partial charge in [0.25, 0.3) is 5.91 Å². The highest BCUT2D eigenvalue weighted by molar-refractivity contribution is 6.53. The highest BCUT2D eigenvalue weighted by atomic mass is 35.5. The Kier molecular flexibility index (Phi) is 7.41. The average Bonchev–Trinajstić information content (AvgIpc) is 3.37. The number of ether oxygens (including phenoxy) is 1. The van der Waals surface area contributed by atoms with Crippen LogP contribution in [0.15, 0.2) is 54.6 Å². The number of hydrogen-bond acceptors (Lipinski definition) is 3. The van der Waals surface area contributed by atoms with Gasteiger partial charge in [-0.05, 0) is 54.1 Å². The van der Waals surface area contributed by atoms with Crippen molar-refractivity contribution in [2.75, 3.05) is 17.7 Å². The van der Waals surface area contributed by atoms with Crippen LogP contribution in [-0.4, -0.2) is 23.3 Å². The number of rotatable bonds is 6. The van der Waals surface area contributed by atoms with Crippen molar-refractivity contribution in [3.05, 3.63) is 86.6 Å². The molecule has 3 aromatic carbocycles. The minimum atomic E-state index is -1.36. The number of alkyl halides is 2. The topological polar surface area (TPSA) is 67.4 Å². The Morgan fingerprint density at radius 2 is 1.63 bits per heavy atom. The molecule has 0 saturated heterocycles. The number of methoxy groups -OCH3 is 1. The van der Waals surface area contributed by atoms with Crippen LogP contribution in [0.5, 0.6) is 5.75 Å². The molecule has 4 rings (SSSR count). The van der Waals surface area contributed by atoms with Gasteiger partial charge in [-0.15, -0.1) is 23.2 Å². The van der Waals surface area contributed by atoms with Crippen molar-refractivity contribution in [1.29, 1.82) is 0 Å². The lowest BCUT2D eigenvalue weighted by molar-refractivity contribution is -0.117. The first-order chi connectivity index (χ1) is 16.5. The third-order valence-corrected chi connectivity index (χ3v) is 7.18. The van der Waals surface area contributed by atoms with E-state index in [0.29, 0.717) is 21.3 Å². The predicted octanol–water partition coefficient (Wildman–Crippen LogP) is 7.57. The van der Waals surface area contributed by atoms with E-state index in [9.17, 15) is 14.0 Å². The molecule has 0 aliphatic heterocycles. The zero-order valence-corrected chi connectivity index (χ0v) is 21.6. The fraction of sp³-hybridized carbons (Fsp3) is 0.167. The SMILES string of the molecule is COc1cc(F)ccc1NC(=O)c1cc(NC(=O)[C@@H]2[C@@H](c3cc(Cl)cc(Cl)c3)C2(Cl)Cl)ccc1Cl. The lowest BCUT2D eigenvalue weighted by Gasteiger charge is -2.12. The smallest absolute Gasteiger partial charge is 0.257 e. The molecule has 0 heterocycles. The number of benzene rings is 3. The molecular weight excluding hydrogens is 561 g/mol. The first kappa shape index (κ1) is 25.9. The molecule has 1 aliphatic carbocycles. The van der Waals surface area contributed by atoms with Crippen LogP contribution in [0.4, 0.5) is 15.8 Å². The Morgan fingerprint density at radius 1 is 0.943 bits per heavy atom. The number of halogens is 6. The fourth-order valence-corrected chi connectivity index (χ4v) is 5.35. The molecule has 2 atom stereocenters. The molecule has 11 heteroatoms. The molecule has 35 heavy (non-hydrogen) atoms. The van der Waals surface area contributed by atoms with Gasteiger partial charge in [0, 0.05) is 27.7 Å². The highest BCUT2D eigenvalue weighted by Crippen LogP contribution is 2.65. The van der Waals surface area contributed by atoms with Crippen LogP contribution < -0.4 is 15.4 Å². The van der Waals surface area contributed by atoms with Gasteiger partial charge < -0.3 is 15.4 Å². The minimum Gasteiger partial charge on any atom is -0.494 e. The van der Waals surface area contributed by atoms with Gasteiger partial charge in [-0.2, -0.15) is 0 Å². The Labute approximate surface area is 225 Å². The molecule has 2 N–H and O–H groups in total. The van der Waals surface area contributed by atoms with E-state index in [1.54, 1.807) is 18.2 Å². The lowest BCUT2D eigenvalue weighted by atomic mass is 10.1. The van der Waals surface area contributed by atoms with Gasteiger partial charge in [-0.25, -0.2) is 4.39 Å². The zero-order chi connectivity index (χ0) is 25.5. The summed E-state index contributed by atoms with van der Waals surface area (Å²) in [5.74, 6) is -2.72. The van der Waals surface area contributed by atoms with Gasteiger partial charge in [0.15, 0.2) is 0 Å². The van der Waals surface area contributed by atoms with Crippen LogP contribution in [0.3, 0.4) is 0 Å². The fourth-order valence-electron chi connectivity index (χ4n) is 3.78. The summed E-state index contributed by atoms with van der Waals surface area (Å²) in [5, 5.41) is 6.27. The maximum Gasteiger partial charge on any atom is 0.257 e. The van der Waals surface area contributed by atoms with Crippen LogP contribution in [-0.2, 0) is 4.79 Å². The molecule has 5 nitrogen and oxygen atoms in total. The van der Waals surface area contributed by atoms with E-state index in [1.165, 1.54) is 37.4 Å². The Bertz CT molecular complexity index is 1310. The number of carbonyl (C=O) groups is 2. The first-order valence-corrected chi connectivity index (χ1v) is 12.0. The number of hydrogen-bond donors (Lipinski definition) is 2. The van der Waals surface area contributed by atoms with Crippen molar-refractivity contribution >= 4 is 81.2 Å². The number of amides is 2. The van der Waals surface area contributed by atoms with Crippen molar-refractivity contribution in [3.63, 3.8) is 0 Å². The second kappa shape index (κ2) is 10.0. The second-order valence-electron chi connectivity index (χ2n) is 7.82. The summed E-state index contributed by atoms with van der Waals surface area (Å²) in [4.78, 5) is 25.8. The number of nitrogens with one attached hydrogen (secondary N) is 2. The van der Waals surface area contributed by atoms with Crippen LogP contribution in [0.1, 0.15) is 21.8 Å². The molecule has 0 unspecified atom stereocenters. The van der Waals surface area contributed by atoms with Crippen LogP contribution in [0.2, 0.25) is 15.1 Å².